The lowest BCUT2D eigenvalue weighted by molar-refractivity contribution is -0.277. The highest BCUT2D eigenvalue weighted by Gasteiger charge is 2.48. The maximum absolute atomic E-state index is 14.4. The topological polar surface area (TPSA) is 235 Å². The van der Waals surface area contributed by atoms with Gasteiger partial charge in [0.2, 0.25) is 17.9 Å². The number of aliphatic hydroxyl groups excluding tert-OH is 4. The molecule has 254 valence electrons. The molecule has 0 bridgehead atoms. The van der Waals surface area contributed by atoms with E-state index in [-0.39, 0.29) is 61.8 Å². The molecule has 4 aromatic rings. The minimum atomic E-state index is -1.87. The zero-order chi connectivity index (χ0) is 35.2. The van der Waals surface area contributed by atoms with Gasteiger partial charge in [-0.25, -0.2) is 0 Å². The molecule has 49 heavy (non-hydrogen) atoms. The second kappa shape index (κ2) is 11.5. The van der Waals surface area contributed by atoms with Gasteiger partial charge in [0, 0.05) is 24.0 Å². The van der Waals surface area contributed by atoms with Crippen molar-refractivity contribution in [3.8, 4) is 34.5 Å². The minimum Gasteiger partial charge on any atom is -0.508 e. The van der Waals surface area contributed by atoms with E-state index in [1.807, 2.05) is 0 Å². The van der Waals surface area contributed by atoms with Gasteiger partial charge in [0.15, 0.2) is 0 Å². The third-order valence-electron chi connectivity index (χ3n) is 9.51. The van der Waals surface area contributed by atoms with Crippen LogP contribution in [0.4, 0.5) is 0 Å². The van der Waals surface area contributed by atoms with Crippen LogP contribution < -0.4 is 4.74 Å². The van der Waals surface area contributed by atoms with Crippen molar-refractivity contribution in [1.82, 2.24) is 0 Å². The summed E-state index contributed by atoms with van der Waals surface area (Å²) in [5.74, 6) is -6.05. The number of fused-ring (bicyclic) bond motifs is 4. The molecule has 0 unspecified atom stereocenters. The Bertz CT molecular complexity index is 2010. The van der Waals surface area contributed by atoms with Crippen LogP contribution in [0.2, 0.25) is 0 Å². The third kappa shape index (κ3) is 4.89. The quantitative estimate of drug-likeness (QED) is 0.151. The van der Waals surface area contributed by atoms with E-state index < -0.39 is 78.0 Å². The molecule has 13 heteroatoms. The normalized spacial score (nSPS) is 25.6. The molecule has 3 aliphatic rings. The van der Waals surface area contributed by atoms with E-state index in [2.05, 4.69) is 0 Å². The molecule has 1 heterocycles. The van der Waals surface area contributed by atoms with Gasteiger partial charge < -0.3 is 55.4 Å². The van der Waals surface area contributed by atoms with Crippen LogP contribution in [-0.4, -0.2) is 94.8 Å². The van der Waals surface area contributed by atoms with E-state index in [1.165, 1.54) is 24.3 Å². The molecule has 7 atom stereocenters. The number of phenolic OH excluding ortho intramolecular Hbond substituents is 5. The van der Waals surface area contributed by atoms with Crippen molar-refractivity contribution in [2.24, 2.45) is 0 Å². The van der Waals surface area contributed by atoms with Crippen LogP contribution in [0.15, 0.2) is 48.5 Å². The maximum atomic E-state index is 14.4. The van der Waals surface area contributed by atoms with Gasteiger partial charge in [-0.2, -0.15) is 0 Å². The van der Waals surface area contributed by atoms with Crippen molar-refractivity contribution < 1.29 is 65.0 Å². The van der Waals surface area contributed by atoms with E-state index in [0.29, 0.717) is 11.1 Å². The number of aliphatic hydroxyl groups is 4. The Labute approximate surface area is 278 Å². The molecule has 0 amide bonds. The molecular formula is C36H32O13. The summed E-state index contributed by atoms with van der Waals surface area (Å²) in [6, 6.07) is 10.7. The summed E-state index contributed by atoms with van der Waals surface area (Å²) in [7, 11) is 0. The molecule has 1 saturated heterocycles. The molecule has 9 N–H and O–H groups in total. The molecule has 0 spiro atoms. The summed E-state index contributed by atoms with van der Waals surface area (Å²) >= 11 is 0. The third-order valence-corrected chi connectivity index (χ3v) is 9.51. The van der Waals surface area contributed by atoms with Gasteiger partial charge in [-0.15, -0.1) is 0 Å². The summed E-state index contributed by atoms with van der Waals surface area (Å²) in [6.45, 7) is 2.63. The predicted octanol–water partition coefficient (Wildman–Crippen LogP) is 2.06. The molecule has 13 nitrogen and oxygen atoms in total. The molecule has 0 aromatic heterocycles. The van der Waals surface area contributed by atoms with Gasteiger partial charge in [-0.3, -0.25) is 9.59 Å². The zero-order valence-corrected chi connectivity index (χ0v) is 26.0. The van der Waals surface area contributed by atoms with Gasteiger partial charge in [-0.1, -0.05) is 12.1 Å². The number of benzene rings is 4. The van der Waals surface area contributed by atoms with Crippen molar-refractivity contribution in [2.75, 3.05) is 6.61 Å². The summed E-state index contributed by atoms with van der Waals surface area (Å²) in [4.78, 5) is 28.3. The summed E-state index contributed by atoms with van der Waals surface area (Å²) < 4.78 is 11.4. The number of hydrogen-bond donors (Lipinski definition) is 9. The summed E-state index contributed by atoms with van der Waals surface area (Å²) in [5.41, 5.74) is 1.21. The first-order chi connectivity index (χ1) is 23.2. The zero-order valence-electron chi connectivity index (χ0n) is 26.0. The number of aromatic hydroxyl groups is 5. The van der Waals surface area contributed by atoms with Gasteiger partial charge in [0.05, 0.1) is 28.9 Å². The average Bonchev–Trinajstić information content (AvgIpc) is 3.01. The first-order valence-electron chi connectivity index (χ1n) is 15.4. The van der Waals surface area contributed by atoms with Crippen LogP contribution in [0, 0.1) is 13.8 Å². The SMILES string of the molecule is Cc1cc(O)c2c(c1)[C@H]([C@H]1c3cc(C)cc(O)c3C(=O)c3c(O[C@@H]4O[C@H](CO)[C@@H](O)[C@H](O)[C@H]4O)cc(O)cc31)c1cc(O)cc(O)c1C2=O. The fourth-order valence-corrected chi connectivity index (χ4v) is 7.50. The summed E-state index contributed by atoms with van der Waals surface area (Å²) in [6.07, 6.45) is -8.48. The standard InChI is InChI=1S/C36H32O13/c1-12-3-16-25(18-7-14(38)9-22(42)29(18)32(44)27(16)20(40)5-12)26-17-4-13(2)6-21(41)28(17)33(45)30-19(26)8-15(39)10-23(30)48-36-35(47)34(46)31(43)24(11-37)49-36/h3-10,24-26,31,34-43,46-47H,11H2,1-2H3/t24-,25+,26+,31-,34+,35-,36-/m1/s1. The molecule has 0 saturated carbocycles. The summed E-state index contributed by atoms with van der Waals surface area (Å²) in [5, 5.41) is 96.1. The Hall–Kier alpha value is -5.18. The number of ketones is 2. The van der Waals surface area contributed by atoms with Crippen LogP contribution >= 0.6 is 0 Å². The molecular weight excluding hydrogens is 640 g/mol. The molecule has 1 fully saturated rings. The Balaban J connectivity index is 1.52. The second-order valence-corrected chi connectivity index (χ2v) is 12.8. The number of aryl methyl sites for hydroxylation is 2. The van der Waals surface area contributed by atoms with Crippen LogP contribution in [0.25, 0.3) is 0 Å². The van der Waals surface area contributed by atoms with Crippen LogP contribution in [-0.2, 0) is 4.74 Å². The molecule has 4 aromatic carbocycles. The van der Waals surface area contributed by atoms with E-state index in [0.717, 1.165) is 12.1 Å². The fourth-order valence-electron chi connectivity index (χ4n) is 7.50. The average molecular weight is 673 g/mol. The number of rotatable bonds is 4. The second-order valence-electron chi connectivity index (χ2n) is 12.8. The van der Waals surface area contributed by atoms with Gasteiger partial charge in [-0.05, 0) is 71.5 Å². The number of carbonyl (C=O) groups is 2. The van der Waals surface area contributed by atoms with Crippen molar-refractivity contribution in [2.45, 2.75) is 56.4 Å². The van der Waals surface area contributed by atoms with Crippen molar-refractivity contribution >= 4 is 11.6 Å². The van der Waals surface area contributed by atoms with E-state index in [9.17, 15) is 55.5 Å². The van der Waals surface area contributed by atoms with Crippen LogP contribution in [0.1, 0.15) is 77.1 Å². The Morgan fingerprint density at radius 1 is 0.592 bits per heavy atom. The first kappa shape index (κ1) is 32.4. The van der Waals surface area contributed by atoms with Gasteiger partial charge in [0.25, 0.3) is 0 Å². The smallest absolute Gasteiger partial charge is 0.229 e. The van der Waals surface area contributed by atoms with Crippen molar-refractivity contribution in [1.29, 1.82) is 0 Å². The molecule has 1 aliphatic heterocycles. The first-order valence-corrected chi connectivity index (χ1v) is 15.4. The number of phenols is 5. The van der Waals surface area contributed by atoms with Gasteiger partial charge >= 0.3 is 0 Å². The lowest BCUT2D eigenvalue weighted by Gasteiger charge is -2.41. The number of ether oxygens (including phenoxy) is 2. The highest BCUT2D eigenvalue weighted by molar-refractivity contribution is 6.18. The van der Waals surface area contributed by atoms with Gasteiger partial charge in [0.1, 0.15) is 58.9 Å². The number of carbonyl (C=O) groups excluding carboxylic acids is 2. The molecule has 7 rings (SSSR count). The minimum absolute atomic E-state index is 0.113. The number of hydrogen-bond acceptors (Lipinski definition) is 13. The molecule has 2 aliphatic carbocycles. The monoisotopic (exact) mass is 672 g/mol. The Morgan fingerprint density at radius 3 is 1.57 bits per heavy atom. The van der Waals surface area contributed by atoms with Crippen molar-refractivity contribution in [3.63, 3.8) is 0 Å². The maximum Gasteiger partial charge on any atom is 0.229 e. The largest absolute Gasteiger partial charge is 0.508 e. The lowest BCUT2D eigenvalue weighted by Crippen LogP contribution is -2.60. The Kier molecular flexibility index (Phi) is 7.57. The molecule has 0 radical (unpaired) electrons. The van der Waals surface area contributed by atoms with Crippen LogP contribution in [0.5, 0.6) is 34.5 Å². The predicted molar refractivity (Wildman–Crippen MR) is 169 cm³/mol. The van der Waals surface area contributed by atoms with E-state index >= 15 is 0 Å². The van der Waals surface area contributed by atoms with Crippen molar-refractivity contribution in [3.05, 3.63) is 104 Å². The van der Waals surface area contributed by atoms with E-state index in [4.69, 9.17) is 9.47 Å². The lowest BCUT2D eigenvalue weighted by atomic mass is 9.63. The van der Waals surface area contributed by atoms with E-state index in [1.54, 1.807) is 26.0 Å². The fraction of sp³-hybridized carbons (Fsp3) is 0.278. The van der Waals surface area contributed by atoms with Crippen LogP contribution in [0.3, 0.4) is 0 Å². The Morgan fingerprint density at radius 2 is 1.04 bits per heavy atom. The highest BCUT2D eigenvalue weighted by Crippen LogP contribution is 2.57. The highest BCUT2D eigenvalue weighted by atomic mass is 16.7.